The standard InChI is InChI=1S/C14H23N3O3/c1-17(7-4-8-20-10-9-19-2)13-6-3-5-12(11-13)14(15)16-18/h3,5-6,11,18H,4,7-10H2,1-2H3,(H2,15,16). The molecule has 0 amide bonds. The largest absolute Gasteiger partial charge is 0.409 e. The highest BCUT2D eigenvalue weighted by atomic mass is 16.5. The number of anilines is 1. The first-order valence-corrected chi connectivity index (χ1v) is 6.54. The van der Waals surface area contributed by atoms with Gasteiger partial charge in [-0.1, -0.05) is 17.3 Å². The first kappa shape index (κ1) is 16.3. The van der Waals surface area contributed by atoms with Crippen molar-refractivity contribution < 1.29 is 14.7 Å². The van der Waals surface area contributed by atoms with Crippen molar-refractivity contribution in [3.63, 3.8) is 0 Å². The third-order valence-corrected chi connectivity index (χ3v) is 2.90. The van der Waals surface area contributed by atoms with Crippen LogP contribution in [-0.2, 0) is 9.47 Å². The first-order valence-electron chi connectivity index (χ1n) is 6.54. The van der Waals surface area contributed by atoms with Crippen molar-refractivity contribution in [3.8, 4) is 0 Å². The second kappa shape index (κ2) is 9.17. The van der Waals surface area contributed by atoms with Gasteiger partial charge in [0, 0.05) is 38.6 Å². The zero-order valence-electron chi connectivity index (χ0n) is 12.1. The number of ether oxygens (including phenoxy) is 2. The summed E-state index contributed by atoms with van der Waals surface area (Å²) in [5.41, 5.74) is 7.30. The van der Waals surface area contributed by atoms with E-state index in [0.29, 0.717) is 25.4 Å². The molecule has 1 rings (SSSR count). The van der Waals surface area contributed by atoms with Gasteiger partial charge in [0.2, 0.25) is 0 Å². The maximum absolute atomic E-state index is 8.68. The average molecular weight is 281 g/mol. The minimum Gasteiger partial charge on any atom is -0.409 e. The lowest BCUT2D eigenvalue weighted by molar-refractivity contribution is 0.0701. The lowest BCUT2D eigenvalue weighted by atomic mass is 10.1. The van der Waals surface area contributed by atoms with E-state index in [1.54, 1.807) is 13.2 Å². The van der Waals surface area contributed by atoms with Gasteiger partial charge >= 0.3 is 0 Å². The molecule has 0 saturated carbocycles. The van der Waals surface area contributed by atoms with E-state index in [4.69, 9.17) is 20.4 Å². The fourth-order valence-corrected chi connectivity index (χ4v) is 1.74. The molecule has 0 aromatic heterocycles. The van der Waals surface area contributed by atoms with Crippen molar-refractivity contribution >= 4 is 11.5 Å². The van der Waals surface area contributed by atoms with Crippen LogP contribution in [0.15, 0.2) is 29.4 Å². The number of nitrogens with zero attached hydrogens (tertiary/aromatic N) is 2. The maximum Gasteiger partial charge on any atom is 0.170 e. The zero-order valence-corrected chi connectivity index (χ0v) is 12.1. The summed E-state index contributed by atoms with van der Waals surface area (Å²) in [6, 6.07) is 7.56. The van der Waals surface area contributed by atoms with Crippen molar-refractivity contribution in [2.24, 2.45) is 10.9 Å². The van der Waals surface area contributed by atoms with Gasteiger partial charge in [0.25, 0.3) is 0 Å². The number of nitrogens with two attached hydrogens (primary N) is 1. The van der Waals surface area contributed by atoms with Gasteiger partial charge in [-0.25, -0.2) is 0 Å². The van der Waals surface area contributed by atoms with Crippen LogP contribution in [0.25, 0.3) is 0 Å². The minimum atomic E-state index is 0.114. The second-order valence-corrected chi connectivity index (χ2v) is 4.42. The molecule has 6 heteroatoms. The Morgan fingerprint density at radius 3 is 2.85 bits per heavy atom. The quantitative estimate of drug-likeness (QED) is 0.234. The molecule has 0 bridgehead atoms. The van der Waals surface area contributed by atoms with Gasteiger partial charge in [-0.15, -0.1) is 0 Å². The Morgan fingerprint density at radius 2 is 2.15 bits per heavy atom. The number of hydrogen-bond acceptors (Lipinski definition) is 5. The van der Waals surface area contributed by atoms with E-state index in [1.807, 2.05) is 25.2 Å². The molecule has 0 radical (unpaired) electrons. The smallest absolute Gasteiger partial charge is 0.170 e. The lowest BCUT2D eigenvalue weighted by Crippen LogP contribution is -2.21. The average Bonchev–Trinajstić information content (AvgIpc) is 2.49. The molecule has 1 aromatic rings. The molecule has 3 N–H and O–H groups in total. The van der Waals surface area contributed by atoms with E-state index in [1.165, 1.54) is 0 Å². The molecule has 0 spiro atoms. The van der Waals surface area contributed by atoms with Crippen LogP contribution in [0, 0.1) is 0 Å². The van der Waals surface area contributed by atoms with Gasteiger partial charge in [0.15, 0.2) is 5.84 Å². The lowest BCUT2D eigenvalue weighted by Gasteiger charge is -2.19. The highest BCUT2D eigenvalue weighted by molar-refractivity contribution is 5.97. The molecule has 6 nitrogen and oxygen atoms in total. The van der Waals surface area contributed by atoms with Crippen LogP contribution in [0.2, 0.25) is 0 Å². The highest BCUT2D eigenvalue weighted by Gasteiger charge is 2.04. The Kier molecular flexibility index (Phi) is 7.46. The molecule has 0 aliphatic carbocycles. The Labute approximate surface area is 119 Å². The predicted octanol–water partition coefficient (Wildman–Crippen LogP) is 1.27. The summed E-state index contributed by atoms with van der Waals surface area (Å²) in [5.74, 6) is 0.114. The fraction of sp³-hybridized carbons (Fsp3) is 0.500. The van der Waals surface area contributed by atoms with Crippen molar-refractivity contribution in [2.75, 3.05) is 45.4 Å². The second-order valence-electron chi connectivity index (χ2n) is 4.42. The van der Waals surface area contributed by atoms with E-state index in [-0.39, 0.29) is 5.84 Å². The molecule has 0 aliphatic rings. The predicted molar refractivity (Wildman–Crippen MR) is 79.5 cm³/mol. The minimum absolute atomic E-state index is 0.114. The first-order chi connectivity index (χ1) is 9.69. The molecular formula is C14H23N3O3. The van der Waals surface area contributed by atoms with Gasteiger partial charge in [-0.3, -0.25) is 0 Å². The van der Waals surface area contributed by atoms with Crippen LogP contribution in [0.1, 0.15) is 12.0 Å². The number of rotatable bonds is 9. The normalized spacial score (nSPS) is 11.6. The molecule has 0 fully saturated rings. The Hall–Kier alpha value is -1.79. The summed E-state index contributed by atoms with van der Waals surface area (Å²) in [4.78, 5) is 2.10. The third-order valence-electron chi connectivity index (χ3n) is 2.90. The van der Waals surface area contributed by atoms with E-state index >= 15 is 0 Å². The summed E-state index contributed by atoms with van der Waals surface area (Å²) in [5, 5.41) is 11.7. The van der Waals surface area contributed by atoms with E-state index in [9.17, 15) is 0 Å². The van der Waals surface area contributed by atoms with Crippen molar-refractivity contribution in [3.05, 3.63) is 29.8 Å². The molecule has 0 atom stereocenters. The Morgan fingerprint density at radius 1 is 1.35 bits per heavy atom. The van der Waals surface area contributed by atoms with Gasteiger partial charge < -0.3 is 25.3 Å². The van der Waals surface area contributed by atoms with Crippen molar-refractivity contribution in [1.82, 2.24) is 0 Å². The zero-order chi connectivity index (χ0) is 14.8. The third kappa shape index (κ3) is 5.46. The molecule has 0 unspecified atom stereocenters. The van der Waals surface area contributed by atoms with E-state index in [2.05, 4.69) is 10.1 Å². The molecule has 1 aromatic carbocycles. The Bertz CT molecular complexity index is 424. The SMILES string of the molecule is COCCOCCCN(C)c1cccc(/C(N)=N/O)c1. The summed E-state index contributed by atoms with van der Waals surface area (Å²) in [6.45, 7) is 2.82. The van der Waals surface area contributed by atoms with Crippen LogP contribution >= 0.6 is 0 Å². The number of benzene rings is 1. The van der Waals surface area contributed by atoms with Gasteiger partial charge in [-0.2, -0.15) is 0 Å². The van der Waals surface area contributed by atoms with Crippen LogP contribution in [-0.4, -0.2) is 51.6 Å². The molecule has 0 aliphatic heterocycles. The number of hydrogen-bond donors (Lipinski definition) is 2. The monoisotopic (exact) mass is 281 g/mol. The molecule has 112 valence electrons. The number of methoxy groups -OCH3 is 1. The van der Waals surface area contributed by atoms with Crippen LogP contribution in [0.3, 0.4) is 0 Å². The highest BCUT2D eigenvalue weighted by Crippen LogP contribution is 2.15. The summed E-state index contributed by atoms with van der Waals surface area (Å²) < 4.78 is 10.3. The van der Waals surface area contributed by atoms with Gasteiger partial charge in [0.1, 0.15) is 0 Å². The fourth-order valence-electron chi connectivity index (χ4n) is 1.74. The maximum atomic E-state index is 8.68. The van der Waals surface area contributed by atoms with Gasteiger partial charge in [-0.05, 0) is 18.6 Å². The molecular weight excluding hydrogens is 258 g/mol. The Balaban J connectivity index is 2.41. The van der Waals surface area contributed by atoms with E-state index < -0.39 is 0 Å². The van der Waals surface area contributed by atoms with Crippen LogP contribution < -0.4 is 10.6 Å². The number of oxime groups is 1. The molecule has 20 heavy (non-hydrogen) atoms. The summed E-state index contributed by atoms with van der Waals surface area (Å²) in [7, 11) is 3.66. The van der Waals surface area contributed by atoms with Crippen molar-refractivity contribution in [1.29, 1.82) is 0 Å². The van der Waals surface area contributed by atoms with Gasteiger partial charge in [0.05, 0.1) is 13.2 Å². The van der Waals surface area contributed by atoms with E-state index in [0.717, 1.165) is 18.7 Å². The summed E-state index contributed by atoms with van der Waals surface area (Å²) >= 11 is 0. The molecule has 0 heterocycles. The molecule has 0 saturated heterocycles. The van der Waals surface area contributed by atoms with Crippen LogP contribution in [0.4, 0.5) is 5.69 Å². The summed E-state index contributed by atoms with van der Waals surface area (Å²) in [6.07, 6.45) is 0.925. The topological polar surface area (TPSA) is 80.3 Å². The van der Waals surface area contributed by atoms with Crippen LogP contribution in [0.5, 0.6) is 0 Å². The number of amidine groups is 1. The van der Waals surface area contributed by atoms with Crippen molar-refractivity contribution in [2.45, 2.75) is 6.42 Å².